The van der Waals surface area contributed by atoms with Crippen LogP contribution >= 0.6 is 11.6 Å². The van der Waals surface area contributed by atoms with E-state index in [2.05, 4.69) is 0 Å². The van der Waals surface area contributed by atoms with Gasteiger partial charge in [-0.25, -0.2) is 8.42 Å². The lowest BCUT2D eigenvalue weighted by molar-refractivity contribution is -0.138. The Morgan fingerprint density at radius 1 is 1.13 bits per heavy atom. The molecular weight excluding hydrogens is 338 g/mol. The summed E-state index contributed by atoms with van der Waals surface area (Å²) < 4.78 is 26.8. The topological polar surface area (TPSA) is 74.7 Å². The first-order valence-electron chi connectivity index (χ1n) is 6.96. The van der Waals surface area contributed by atoms with Gasteiger partial charge < -0.3 is 5.11 Å². The standard InChI is InChI=1S/C16H14ClNO4S/c17-12-7-5-11(6-8-12)10-18-14(9-16(19)20)13-3-1-2-4-15(13)23(18,21)22/h1-8,14H,9-10H2,(H,19,20)/t14-/m0/s1. The molecule has 0 spiro atoms. The minimum Gasteiger partial charge on any atom is -0.481 e. The minimum atomic E-state index is -3.71. The maximum atomic E-state index is 12.8. The molecule has 1 aliphatic heterocycles. The summed E-state index contributed by atoms with van der Waals surface area (Å²) in [5.41, 5.74) is 1.28. The van der Waals surface area contributed by atoms with Crippen LogP contribution in [0.3, 0.4) is 0 Å². The molecule has 1 atom stereocenters. The number of hydrogen-bond donors (Lipinski definition) is 1. The Kier molecular flexibility index (Phi) is 4.14. The second kappa shape index (κ2) is 5.96. The molecule has 1 heterocycles. The van der Waals surface area contributed by atoms with Gasteiger partial charge in [-0.05, 0) is 29.3 Å². The average molecular weight is 352 g/mol. The fourth-order valence-corrected chi connectivity index (χ4v) is 4.76. The van der Waals surface area contributed by atoms with Gasteiger partial charge in [0.05, 0.1) is 17.4 Å². The highest BCUT2D eigenvalue weighted by Crippen LogP contribution is 2.42. The van der Waals surface area contributed by atoms with Crippen molar-refractivity contribution in [2.75, 3.05) is 0 Å². The monoisotopic (exact) mass is 351 g/mol. The molecule has 0 saturated carbocycles. The Hall–Kier alpha value is -1.89. The number of carboxylic acid groups (broad SMARTS) is 1. The van der Waals surface area contributed by atoms with Gasteiger partial charge in [0, 0.05) is 11.6 Å². The van der Waals surface area contributed by atoms with Crippen LogP contribution < -0.4 is 0 Å². The fraction of sp³-hybridized carbons (Fsp3) is 0.188. The molecule has 2 aromatic carbocycles. The predicted molar refractivity (Wildman–Crippen MR) is 85.6 cm³/mol. The Morgan fingerprint density at radius 2 is 1.78 bits per heavy atom. The number of rotatable bonds is 4. The van der Waals surface area contributed by atoms with Crippen LogP contribution in [-0.4, -0.2) is 23.8 Å². The molecule has 1 aliphatic rings. The predicted octanol–water partition coefficient (Wildman–Crippen LogP) is 3.06. The molecule has 2 aromatic rings. The number of aliphatic carboxylic acids is 1. The van der Waals surface area contributed by atoms with Crippen LogP contribution in [0.25, 0.3) is 0 Å². The van der Waals surface area contributed by atoms with E-state index in [1.165, 1.54) is 10.4 Å². The number of nitrogens with zero attached hydrogens (tertiary/aromatic N) is 1. The maximum Gasteiger partial charge on any atom is 0.305 e. The molecule has 0 unspecified atom stereocenters. The molecule has 0 aliphatic carbocycles. The van der Waals surface area contributed by atoms with Crippen molar-refractivity contribution in [1.82, 2.24) is 4.31 Å². The highest BCUT2D eigenvalue weighted by Gasteiger charge is 2.43. The van der Waals surface area contributed by atoms with E-state index in [1.807, 2.05) is 0 Å². The van der Waals surface area contributed by atoms with Crippen LogP contribution in [0.2, 0.25) is 5.02 Å². The Morgan fingerprint density at radius 3 is 2.43 bits per heavy atom. The molecule has 1 N–H and O–H groups in total. The number of carboxylic acids is 1. The largest absolute Gasteiger partial charge is 0.481 e. The van der Waals surface area contributed by atoms with E-state index in [4.69, 9.17) is 16.7 Å². The van der Waals surface area contributed by atoms with Gasteiger partial charge in [0.2, 0.25) is 10.0 Å². The van der Waals surface area contributed by atoms with E-state index in [0.29, 0.717) is 10.6 Å². The SMILES string of the molecule is O=C(O)C[C@H]1c2ccccc2S(=O)(=O)N1Cc1ccc(Cl)cc1. The van der Waals surface area contributed by atoms with Crippen LogP contribution in [0.5, 0.6) is 0 Å². The summed E-state index contributed by atoms with van der Waals surface area (Å²) in [7, 11) is -3.71. The quantitative estimate of drug-likeness (QED) is 0.918. The van der Waals surface area contributed by atoms with Crippen molar-refractivity contribution >= 4 is 27.6 Å². The van der Waals surface area contributed by atoms with E-state index in [0.717, 1.165) is 5.56 Å². The number of halogens is 1. The van der Waals surface area contributed by atoms with Gasteiger partial charge in [-0.2, -0.15) is 4.31 Å². The zero-order valence-corrected chi connectivity index (χ0v) is 13.6. The molecule has 120 valence electrons. The molecule has 0 fully saturated rings. The van der Waals surface area contributed by atoms with Crippen molar-refractivity contribution in [2.45, 2.75) is 23.9 Å². The molecule has 0 saturated heterocycles. The number of carbonyl (C=O) groups is 1. The lowest BCUT2D eigenvalue weighted by Crippen LogP contribution is -2.29. The molecular formula is C16H14ClNO4S. The van der Waals surface area contributed by atoms with E-state index in [9.17, 15) is 13.2 Å². The number of fused-ring (bicyclic) bond motifs is 1. The minimum absolute atomic E-state index is 0.103. The summed E-state index contributed by atoms with van der Waals surface area (Å²) in [6, 6.07) is 12.7. The first-order valence-corrected chi connectivity index (χ1v) is 8.78. The molecule has 23 heavy (non-hydrogen) atoms. The Balaban J connectivity index is 2.03. The van der Waals surface area contributed by atoms with Crippen molar-refractivity contribution in [1.29, 1.82) is 0 Å². The van der Waals surface area contributed by atoms with Crippen molar-refractivity contribution in [3.8, 4) is 0 Å². The van der Waals surface area contributed by atoms with Crippen molar-refractivity contribution in [3.05, 3.63) is 64.7 Å². The third kappa shape index (κ3) is 2.97. The summed E-state index contributed by atoms with van der Waals surface area (Å²) in [5, 5.41) is 9.71. The molecule has 3 rings (SSSR count). The lowest BCUT2D eigenvalue weighted by Gasteiger charge is -2.22. The third-order valence-corrected chi connectivity index (χ3v) is 6.01. The maximum absolute atomic E-state index is 12.8. The first-order chi connectivity index (χ1) is 10.9. The number of benzene rings is 2. The molecule has 0 aromatic heterocycles. The van der Waals surface area contributed by atoms with Gasteiger partial charge in [-0.15, -0.1) is 0 Å². The second-order valence-electron chi connectivity index (χ2n) is 5.33. The van der Waals surface area contributed by atoms with E-state index in [-0.39, 0.29) is 17.9 Å². The van der Waals surface area contributed by atoms with Crippen molar-refractivity contribution < 1.29 is 18.3 Å². The first kappa shape index (κ1) is 16.0. The lowest BCUT2D eigenvalue weighted by atomic mass is 10.0. The van der Waals surface area contributed by atoms with Crippen molar-refractivity contribution in [3.63, 3.8) is 0 Å². The fourth-order valence-electron chi connectivity index (χ4n) is 2.78. The van der Waals surface area contributed by atoms with E-state index >= 15 is 0 Å². The van der Waals surface area contributed by atoms with Gasteiger partial charge in [-0.3, -0.25) is 4.79 Å². The Labute approximate surface area is 139 Å². The van der Waals surface area contributed by atoms with E-state index in [1.54, 1.807) is 42.5 Å². The highest BCUT2D eigenvalue weighted by molar-refractivity contribution is 7.89. The zero-order chi connectivity index (χ0) is 16.6. The van der Waals surface area contributed by atoms with Crippen LogP contribution in [0.15, 0.2) is 53.4 Å². The zero-order valence-electron chi connectivity index (χ0n) is 12.0. The van der Waals surface area contributed by atoms with Gasteiger partial charge in [0.1, 0.15) is 0 Å². The third-order valence-electron chi connectivity index (χ3n) is 3.83. The van der Waals surface area contributed by atoms with Crippen LogP contribution in [-0.2, 0) is 21.4 Å². The summed E-state index contributed by atoms with van der Waals surface area (Å²) in [6.07, 6.45) is -0.274. The normalized spacial score (nSPS) is 19.4. The molecule has 0 bridgehead atoms. The summed E-state index contributed by atoms with van der Waals surface area (Å²) >= 11 is 5.85. The second-order valence-corrected chi connectivity index (χ2v) is 7.62. The van der Waals surface area contributed by atoms with Gasteiger partial charge >= 0.3 is 5.97 Å². The summed E-state index contributed by atoms with van der Waals surface area (Å²) in [4.78, 5) is 11.4. The smallest absolute Gasteiger partial charge is 0.305 e. The van der Waals surface area contributed by atoms with E-state index < -0.39 is 22.0 Å². The number of sulfonamides is 1. The van der Waals surface area contributed by atoms with Gasteiger partial charge in [0.15, 0.2) is 0 Å². The van der Waals surface area contributed by atoms with Gasteiger partial charge in [-0.1, -0.05) is 41.9 Å². The van der Waals surface area contributed by atoms with Crippen LogP contribution in [0.1, 0.15) is 23.6 Å². The summed E-state index contributed by atoms with van der Waals surface area (Å²) in [5.74, 6) is -1.04. The molecule has 5 nitrogen and oxygen atoms in total. The van der Waals surface area contributed by atoms with Crippen LogP contribution in [0.4, 0.5) is 0 Å². The van der Waals surface area contributed by atoms with Gasteiger partial charge in [0.25, 0.3) is 0 Å². The Bertz CT molecular complexity index is 849. The number of hydrogen-bond acceptors (Lipinski definition) is 3. The van der Waals surface area contributed by atoms with Crippen molar-refractivity contribution in [2.24, 2.45) is 0 Å². The highest BCUT2D eigenvalue weighted by atomic mass is 35.5. The van der Waals surface area contributed by atoms with Crippen LogP contribution in [0, 0.1) is 0 Å². The molecule has 7 heteroatoms. The molecule has 0 radical (unpaired) electrons. The summed E-state index contributed by atoms with van der Waals surface area (Å²) in [6.45, 7) is 0.103. The average Bonchev–Trinajstić information content (AvgIpc) is 2.71. The molecule has 0 amide bonds.